The van der Waals surface area contributed by atoms with E-state index < -0.39 is 5.60 Å². The zero-order valence-corrected chi connectivity index (χ0v) is 15.3. The molecule has 0 unspecified atom stereocenters. The molecule has 1 fully saturated rings. The van der Waals surface area contributed by atoms with Gasteiger partial charge in [-0.05, 0) is 52.1 Å². The van der Waals surface area contributed by atoms with Crippen LogP contribution in [0.1, 0.15) is 39.2 Å². The van der Waals surface area contributed by atoms with E-state index >= 15 is 0 Å². The molecule has 1 N–H and O–H groups in total. The molecule has 5 heteroatoms. The smallest absolute Gasteiger partial charge is 0.410 e. The first-order chi connectivity index (χ1) is 11.4. The van der Waals surface area contributed by atoms with E-state index in [0.29, 0.717) is 5.92 Å². The van der Waals surface area contributed by atoms with Gasteiger partial charge in [-0.3, -0.25) is 0 Å². The van der Waals surface area contributed by atoms with Crippen molar-refractivity contribution in [3.8, 4) is 5.75 Å². The summed E-state index contributed by atoms with van der Waals surface area (Å²) in [6, 6.07) is 8.07. The summed E-state index contributed by atoms with van der Waals surface area (Å²) in [4.78, 5) is 13.9. The Morgan fingerprint density at radius 1 is 1.25 bits per heavy atom. The molecule has 2 rings (SSSR count). The Balaban J connectivity index is 1.71. The lowest BCUT2D eigenvalue weighted by Crippen LogP contribution is -2.43. The lowest BCUT2D eigenvalue weighted by atomic mass is 9.97. The van der Waals surface area contributed by atoms with Crippen LogP contribution >= 0.6 is 0 Å². The van der Waals surface area contributed by atoms with E-state index in [4.69, 9.17) is 9.47 Å². The number of para-hydroxylation sites is 1. The topological polar surface area (TPSA) is 50.8 Å². The SMILES string of the molecule is COc1ccccc1CNCC1CCN(C(=O)OC(C)(C)C)CC1. The van der Waals surface area contributed by atoms with Gasteiger partial charge in [0, 0.05) is 25.2 Å². The van der Waals surface area contributed by atoms with Gasteiger partial charge in [0.1, 0.15) is 11.4 Å². The molecule has 24 heavy (non-hydrogen) atoms. The van der Waals surface area contributed by atoms with Crippen molar-refractivity contribution in [3.05, 3.63) is 29.8 Å². The van der Waals surface area contributed by atoms with Crippen molar-refractivity contribution < 1.29 is 14.3 Å². The summed E-state index contributed by atoms with van der Waals surface area (Å²) in [7, 11) is 1.70. The van der Waals surface area contributed by atoms with Crippen molar-refractivity contribution in [1.29, 1.82) is 0 Å². The minimum Gasteiger partial charge on any atom is -0.496 e. The van der Waals surface area contributed by atoms with Crippen molar-refractivity contribution in [3.63, 3.8) is 0 Å². The number of likely N-dealkylation sites (tertiary alicyclic amines) is 1. The number of nitrogens with one attached hydrogen (secondary N) is 1. The van der Waals surface area contributed by atoms with Gasteiger partial charge in [-0.15, -0.1) is 0 Å². The molecule has 134 valence electrons. The Morgan fingerprint density at radius 3 is 2.54 bits per heavy atom. The second-order valence-electron chi connectivity index (χ2n) is 7.35. The number of hydrogen-bond donors (Lipinski definition) is 1. The van der Waals surface area contributed by atoms with Gasteiger partial charge in [0.15, 0.2) is 0 Å². The second kappa shape index (κ2) is 8.38. The Hall–Kier alpha value is -1.75. The summed E-state index contributed by atoms with van der Waals surface area (Å²) in [5, 5.41) is 3.51. The minimum atomic E-state index is -0.426. The van der Waals surface area contributed by atoms with E-state index in [0.717, 1.165) is 44.8 Å². The number of piperidine rings is 1. The fraction of sp³-hybridized carbons (Fsp3) is 0.632. The standard InChI is InChI=1S/C19H30N2O3/c1-19(2,3)24-18(22)21-11-9-15(10-12-21)13-20-14-16-7-5-6-8-17(16)23-4/h5-8,15,20H,9-14H2,1-4H3. The van der Waals surface area contributed by atoms with Crippen LogP contribution < -0.4 is 10.1 Å². The fourth-order valence-electron chi connectivity index (χ4n) is 2.91. The van der Waals surface area contributed by atoms with Crippen LogP contribution in [0.2, 0.25) is 0 Å². The average Bonchev–Trinajstić information content (AvgIpc) is 2.54. The number of benzene rings is 1. The molecule has 1 aliphatic heterocycles. The molecule has 5 nitrogen and oxygen atoms in total. The van der Waals surface area contributed by atoms with Crippen molar-refractivity contribution in [2.24, 2.45) is 5.92 Å². The second-order valence-corrected chi connectivity index (χ2v) is 7.35. The summed E-state index contributed by atoms with van der Waals surface area (Å²) < 4.78 is 10.8. The molecule has 0 aromatic heterocycles. The van der Waals surface area contributed by atoms with E-state index in [-0.39, 0.29) is 6.09 Å². The molecule has 0 saturated carbocycles. The van der Waals surface area contributed by atoms with E-state index in [1.807, 2.05) is 43.9 Å². The molecule has 1 aromatic carbocycles. The van der Waals surface area contributed by atoms with Gasteiger partial charge < -0.3 is 19.7 Å². The van der Waals surface area contributed by atoms with Crippen LogP contribution in [0.15, 0.2) is 24.3 Å². The van der Waals surface area contributed by atoms with E-state index in [2.05, 4.69) is 11.4 Å². The number of nitrogens with zero attached hydrogens (tertiary/aromatic N) is 1. The summed E-state index contributed by atoms with van der Waals surface area (Å²) in [5.74, 6) is 1.52. The van der Waals surface area contributed by atoms with Gasteiger partial charge in [0.05, 0.1) is 7.11 Å². The molecule has 1 amide bonds. The van der Waals surface area contributed by atoms with E-state index in [1.165, 1.54) is 5.56 Å². The minimum absolute atomic E-state index is 0.192. The van der Waals surface area contributed by atoms with Gasteiger partial charge in [0.25, 0.3) is 0 Å². The highest BCUT2D eigenvalue weighted by Crippen LogP contribution is 2.20. The first-order valence-corrected chi connectivity index (χ1v) is 8.69. The quantitative estimate of drug-likeness (QED) is 0.896. The lowest BCUT2D eigenvalue weighted by molar-refractivity contribution is 0.0184. The fourth-order valence-corrected chi connectivity index (χ4v) is 2.91. The Morgan fingerprint density at radius 2 is 1.92 bits per heavy atom. The highest BCUT2D eigenvalue weighted by Gasteiger charge is 2.26. The van der Waals surface area contributed by atoms with Gasteiger partial charge in [-0.25, -0.2) is 4.79 Å². The molecule has 0 aliphatic carbocycles. The number of amides is 1. The van der Waals surface area contributed by atoms with Crippen molar-refractivity contribution in [2.75, 3.05) is 26.7 Å². The van der Waals surface area contributed by atoms with Crippen LogP contribution in [-0.4, -0.2) is 43.3 Å². The third-order valence-electron chi connectivity index (χ3n) is 4.21. The highest BCUT2D eigenvalue weighted by atomic mass is 16.6. The molecule has 1 aliphatic rings. The lowest BCUT2D eigenvalue weighted by Gasteiger charge is -2.33. The first-order valence-electron chi connectivity index (χ1n) is 8.69. The first kappa shape index (κ1) is 18.6. The number of ether oxygens (including phenoxy) is 2. The maximum atomic E-state index is 12.1. The third kappa shape index (κ3) is 5.71. The summed E-state index contributed by atoms with van der Waals surface area (Å²) in [6.07, 6.45) is 1.83. The van der Waals surface area contributed by atoms with Crippen LogP contribution in [0.5, 0.6) is 5.75 Å². The number of carbonyl (C=O) groups excluding carboxylic acids is 1. The largest absolute Gasteiger partial charge is 0.496 e. The Labute approximate surface area is 145 Å². The van der Waals surface area contributed by atoms with E-state index in [9.17, 15) is 4.79 Å². The summed E-state index contributed by atoms with van der Waals surface area (Å²) in [5.41, 5.74) is 0.746. The molecule has 0 bridgehead atoms. The molecular formula is C19H30N2O3. The Kier molecular flexibility index (Phi) is 6.49. The van der Waals surface area contributed by atoms with Gasteiger partial charge in [-0.1, -0.05) is 18.2 Å². The zero-order chi connectivity index (χ0) is 17.6. The van der Waals surface area contributed by atoms with Crippen LogP contribution in [0.25, 0.3) is 0 Å². The third-order valence-corrected chi connectivity index (χ3v) is 4.21. The average molecular weight is 334 g/mol. The van der Waals surface area contributed by atoms with Crippen LogP contribution in [0.3, 0.4) is 0 Å². The molecule has 1 saturated heterocycles. The Bertz CT molecular complexity index is 532. The maximum Gasteiger partial charge on any atom is 0.410 e. The monoisotopic (exact) mass is 334 g/mol. The van der Waals surface area contributed by atoms with Crippen molar-refractivity contribution >= 4 is 6.09 Å². The van der Waals surface area contributed by atoms with Gasteiger partial charge in [-0.2, -0.15) is 0 Å². The predicted molar refractivity (Wildman–Crippen MR) is 95.2 cm³/mol. The van der Waals surface area contributed by atoms with Crippen molar-refractivity contribution in [1.82, 2.24) is 10.2 Å². The molecule has 0 atom stereocenters. The molecule has 1 heterocycles. The molecular weight excluding hydrogens is 304 g/mol. The highest BCUT2D eigenvalue weighted by molar-refractivity contribution is 5.68. The predicted octanol–water partition coefficient (Wildman–Crippen LogP) is 3.43. The van der Waals surface area contributed by atoms with Crippen LogP contribution in [-0.2, 0) is 11.3 Å². The zero-order valence-electron chi connectivity index (χ0n) is 15.3. The van der Waals surface area contributed by atoms with Gasteiger partial charge >= 0.3 is 6.09 Å². The molecule has 0 spiro atoms. The summed E-state index contributed by atoms with van der Waals surface area (Å²) >= 11 is 0. The van der Waals surface area contributed by atoms with Crippen LogP contribution in [0.4, 0.5) is 4.79 Å². The van der Waals surface area contributed by atoms with Crippen molar-refractivity contribution in [2.45, 2.75) is 45.8 Å². The number of methoxy groups -OCH3 is 1. The van der Waals surface area contributed by atoms with E-state index in [1.54, 1.807) is 7.11 Å². The molecule has 0 radical (unpaired) electrons. The summed E-state index contributed by atoms with van der Waals surface area (Å²) in [6.45, 7) is 9.01. The number of hydrogen-bond acceptors (Lipinski definition) is 4. The van der Waals surface area contributed by atoms with Crippen LogP contribution in [0, 0.1) is 5.92 Å². The number of rotatable bonds is 5. The van der Waals surface area contributed by atoms with Gasteiger partial charge in [0.2, 0.25) is 0 Å². The normalized spacial score (nSPS) is 16.1. The molecule has 1 aromatic rings. The maximum absolute atomic E-state index is 12.1. The number of carbonyl (C=O) groups is 1.